The van der Waals surface area contributed by atoms with E-state index >= 15 is 0 Å². The molecule has 0 spiro atoms. The molecule has 0 bridgehead atoms. The van der Waals surface area contributed by atoms with Crippen molar-refractivity contribution in [3.8, 4) is 11.5 Å². The number of hydrogen-bond donors (Lipinski definition) is 2. The highest BCUT2D eigenvalue weighted by Gasteiger charge is 2.19. The van der Waals surface area contributed by atoms with Crippen molar-refractivity contribution in [1.29, 1.82) is 0 Å². The number of sulfonamides is 1. The summed E-state index contributed by atoms with van der Waals surface area (Å²) in [6, 6.07) is 11.2. The highest BCUT2D eigenvalue weighted by molar-refractivity contribution is 7.98. The van der Waals surface area contributed by atoms with Gasteiger partial charge in [-0.05, 0) is 55.6 Å². The average Bonchev–Trinajstić information content (AvgIpc) is 2.66. The second kappa shape index (κ2) is 9.81. The van der Waals surface area contributed by atoms with Crippen LogP contribution >= 0.6 is 11.8 Å². The van der Waals surface area contributed by atoms with Crippen LogP contribution in [0.2, 0.25) is 0 Å². The van der Waals surface area contributed by atoms with Crippen LogP contribution in [0.15, 0.2) is 52.3 Å². The molecule has 0 heterocycles. The zero-order chi connectivity index (χ0) is 20.7. The highest BCUT2D eigenvalue weighted by atomic mass is 32.2. The summed E-state index contributed by atoms with van der Waals surface area (Å²) < 4.78 is 38.6. The first-order chi connectivity index (χ1) is 13.2. The molecule has 0 aliphatic rings. The van der Waals surface area contributed by atoms with Crippen molar-refractivity contribution < 1.29 is 22.7 Å². The average molecular weight is 425 g/mol. The van der Waals surface area contributed by atoms with Crippen LogP contribution in [-0.2, 0) is 14.8 Å². The fraction of sp³-hybridized carbons (Fsp3) is 0.316. The number of nitrogens with one attached hydrogen (secondary N) is 2. The lowest BCUT2D eigenvalue weighted by Crippen LogP contribution is -2.36. The minimum Gasteiger partial charge on any atom is -0.497 e. The van der Waals surface area contributed by atoms with Gasteiger partial charge in [0.25, 0.3) is 0 Å². The van der Waals surface area contributed by atoms with Gasteiger partial charge in [0.05, 0.1) is 23.7 Å². The van der Waals surface area contributed by atoms with Crippen LogP contribution in [0.1, 0.15) is 13.8 Å². The highest BCUT2D eigenvalue weighted by Crippen LogP contribution is 2.28. The predicted molar refractivity (Wildman–Crippen MR) is 111 cm³/mol. The molecule has 1 unspecified atom stereocenters. The molecule has 0 radical (unpaired) electrons. The van der Waals surface area contributed by atoms with Crippen molar-refractivity contribution in [1.82, 2.24) is 4.72 Å². The first kappa shape index (κ1) is 22.1. The van der Waals surface area contributed by atoms with Gasteiger partial charge in [0.15, 0.2) is 0 Å². The summed E-state index contributed by atoms with van der Waals surface area (Å²) in [5, 5.41) is 2.66. The van der Waals surface area contributed by atoms with Gasteiger partial charge in [-0.1, -0.05) is 0 Å². The Hall–Kier alpha value is -2.23. The Balaban J connectivity index is 2.06. The number of carbonyl (C=O) groups excluding carboxylic acids is 1. The van der Waals surface area contributed by atoms with Crippen molar-refractivity contribution >= 4 is 33.4 Å². The molecule has 2 aromatic rings. The molecule has 2 N–H and O–H groups in total. The van der Waals surface area contributed by atoms with Crippen molar-refractivity contribution in [3.05, 3.63) is 42.5 Å². The van der Waals surface area contributed by atoms with E-state index in [4.69, 9.17) is 9.47 Å². The van der Waals surface area contributed by atoms with Gasteiger partial charge in [-0.2, -0.15) is 0 Å². The zero-order valence-electron chi connectivity index (χ0n) is 16.2. The minimum absolute atomic E-state index is 0.0744. The van der Waals surface area contributed by atoms with Gasteiger partial charge >= 0.3 is 0 Å². The van der Waals surface area contributed by atoms with Crippen LogP contribution in [-0.4, -0.2) is 40.3 Å². The van der Waals surface area contributed by atoms with Crippen LogP contribution in [0, 0.1) is 0 Å². The number of benzene rings is 2. The third-order valence-corrected chi connectivity index (χ3v) is 6.09. The molecule has 0 aromatic heterocycles. The maximum absolute atomic E-state index is 12.7. The molecule has 0 fully saturated rings. The van der Waals surface area contributed by atoms with Crippen molar-refractivity contribution in [2.24, 2.45) is 0 Å². The first-order valence-corrected chi connectivity index (χ1v) is 11.2. The van der Waals surface area contributed by atoms with Crippen LogP contribution < -0.4 is 19.5 Å². The van der Waals surface area contributed by atoms with E-state index in [1.807, 2.05) is 6.26 Å². The lowest BCUT2D eigenvalue weighted by molar-refractivity contribution is -0.114. The molecule has 0 saturated carbocycles. The number of anilines is 1. The molecule has 0 saturated heterocycles. The van der Waals surface area contributed by atoms with Crippen LogP contribution in [0.25, 0.3) is 0 Å². The van der Waals surface area contributed by atoms with Crippen molar-refractivity contribution in [2.75, 3.05) is 25.3 Å². The van der Waals surface area contributed by atoms with Gasteiger partial charge in [-0.3, -0.25) is 4.79 Å². The zero-order valence-corrected chi connectivity index (χ0v) is 17.8. The van der Waals surface area contributed by atoms with Gasteiger partial charge in [0.1, 0.15) is 18.1 Å². The largest absolute Gasteiger partial charge is 0.497 e. The number of carbonyl (C=O) groups is 1. The summed E-state index contributed by atoms with van der Waals surface area (Å²) in [5.41, 5.74) is 0.463. The van der Waals surface area contributed by atoms with Gasteiger partial charge in [0.2, 0.25) is 15.9 Å². The van der Waals surface area contributed by atoms with Gasteiger partial charge in [-0.15, -0.1) is 11.8 Å². The van der Waals surface area contributed by atoms with E-state index in [1.165, 1.54) is 30.8 Å². The molecule has 9 heteroatoms. The maximum Gasteiger partial charge on any atom is 0.241 e. The molecule has 0 aliphatic heterocycles. The molecule has 1 amide bonds. The molecule has 2 aromatic carbocycles. The number of rotatable bonds is 9. The summed E-state index contributed by atoms with van der Waals surface area (Å²) in [6.07, 6.45) is 1.85. The molecule has 2 rings (SSSR count). The number of thioether (sulfide) groups is 1. The normalized spacial score (nSPS) is 12.3. The second-order valence-corrected chi connectivity index (χ2v) is 8.61. The topological polar surface area (TPSA) is 93.7 Å². The lowest BCUT2D eigenvalue weighted by Gasteiger charge is -2.16. The van der Waals surface area contributed by atoms with E-state index in [2.05, 4.69) is 10.0 Å². The summed E-state index contributed by atoms with van der Waals surface area (Å²) in [7, 11) is -2.19. The fourth-order valence-corrected chi connectivity index (χ4v) is 4.19. The Kier molecular flexibility index (Phi) is 7.73. The summed E-state index contributed by atoms with van der Waals surface area (Å²) in [6.45, 7) is 3.25. The fourth-order valence-electron chi connectivity index (χ4n) is 2.40. The SMILES string of the molecule is COc1ccc(OCC(C)NS(=O)(=O)c2ccc(SC)c(NC(C)=O)c2)cc1. The molecular weight excluding hydrogens is 400 g/mol. The van der Waals surface area contributed by atoms with Crippen LogP contribution in [0.5, 0.6) is 11.5 Å². The quantitative estimate of drug-likeness (QED) is 0.601. The molecule has 0 aliphatic carbocycles. The van der Waals surface area contributed by atoms with Crippen molar-refractivity contribution in [2.45, 2.75) is 29.7 Å². The Morgan fingerprint density at radius 1 is 1.14 bits per heavy atom. The summed E-state index contributed by atoms with van der Waals surface area (Å²) in [5.74, 6) is 1.06. The number of amides is 1. The predicted octanol–water partition coefficient (Wildman–Crippen LogP) is 3.12. The van der Waals surface area contributed by atoms with Crippen molar-refractivity contribution in [3.63, 3.8) is 0 Å². The molecule has 7 nitrogen and oxygen atoms in total. The minimum atomic E-state index is -3.77. The third-order valence-electron chi connectivity index (χ3n) is 3.71. The standard InChI is InChI=1S/C19H24N2O5S2/c1-13(12-26-16-7-5-15(25-3)6-8-16)21-28(23,24)17-9-10-19(27-4)18(11-17)20-14(2)22/h5-11,13,21H,12H2,1-4H3,(H,20,22). The molecule has 1 atom stereocenters. The number of hydrogen-bond acceptors (Lipinski definition) is 6. The molecule has 28 heavy (non-hydrogen) atoms. The van der Waals surface area contributed by atoms with E-state index in [1.54, 1.807) is 44.4 Å². The van der Waals surface area contributed by atoms with E-state index in [0.717, 1.165) is 4.90 Å². The first-order valence-electron chi connectivity index (χ1n) is 8.50. The number of ether oxygens (including phenoxy) is 2. The Labute approximate surface area is 169 Å². The maximum atomic E-state index is 12.7. The summed E-state index contributed by atoms with van der Waals surface area (Å²) >= 11 is 1.42. The summed E-state index contributed by atoms with van der Waals surface area (Å²) in [4.78, 5) is 12.2. The molecular formula is C19H24N2O5S2. The Morgan fingerprint density at radius 2 is 1.79 bits per heavy atom. The van der Waals surface area contributed by atoms with E-state index in [0.29, 0.717) is 17.2 Å². The molecule has 152 valence electrons. The van der Waals surface area contributed by atoms with E-state index in [-0.39, 0.29) is 17.4 Å². The monoisotopic (exact) mass is 424 g/mol. The Morgan fingerprint density at radius 3 is 2.36 bits per heavy atom. The van der Waals surface area contributed by atoms with Gasteiger partial charge in [-0.25, -0.2) is 13.1 Å². The second-order valence-electron chi connectivity index (χ2n) is 6.05. The third kappa shape index (κ3) is 6.15. The van der Waals surface area contributed by atoms with E-state index in [9.17, 15) is 13.2 Å². The van der Waals surface area contributed by atoms with Crippen LogP contribution in [0.3, 0.4) is 0 Å². The Bertz CT molecular complexity index is 914. The smallest absolute Gasteiger partial charge is 0.241 e. The number of methoxy groups -OCH3 is 1. The van der Waals surface area contributed by atoms with Crippen LogP contribution in [0.4, 0.5) is 5.69 Å². The lowest BCUT2D eigenvalue weighted by atomic mass is 10.3. The van der Waals surface area contributed by atoms with E-state index < -0.39 is 16.1 Å². The van der Waals surface area contributed by atoms with Gasteiger partial charge < -0.3 is 14.8 Å². The van der Waals surface area contributed by atoms with Gasteiger partial charge in [0, 0.05) is 11.8 Å².